The lowest BCUT2D eigenvalue weighted by Gasteiger charge is -2.20. The van der Waals surface area contributed by atoms with E-state index < -0.39 is 11.6 Å². The van der Waals surface area contributed by atoms with Gasteiger partial charge in [-0.3, -0.25) is 0 Å². The van der Waals surface area contributed by atoms with Crippen molar-refractivity contribution in [1.29, 1.82) is 0 Å². The second kappa shape index (κ2) is 6.69. The summed E-state index contributed by atoms with van der Waals surface area (Å²) in [5.41, 5.74) is -0.573. The Morgan fingerprint density at radius 3 is 3.05 bits per heavy atom. The Kier molecular flexibility index (Phi) is 4.94. The van der Waals surface area contributed by atoms with E-state index in [2.05, 4.69) is 5.32 Å². The largest absolute Gasteiger partial charge is 0.492 e. The van der Waals surface area contributed by atoms with Gasteiger partial charge >= 0.3 is 5.97 Å². The highest BCUT2D eigenvalue weighted by molar-refractivity contribution is 5.87. The van der Waals surface area contributed by atoms with Crippen LogP contribution in [0.25, 0.3) is 0 Å². The number of aliphatic hydroxyl groups is 1. The lowest BCUT2D eigenvalue weighted by atomic mass is 10.0. The van der Waals surface area contributed by atoms with Gasteiger partial charge in [-0.05, 0) is 18.2 Å². The van der Waals surface area contributed by atoms with Crippen molar-refractivity contribution in [3.8, 4) is 5.75 Å². The summed E-state index contributed by atoms with van der Waals surface area (Å²) in [4.78, 5) is 10.8. The molecule has 1 saturated heterocycles. The van der Waals surface area contributed by atoms with E-state index in [0.717, 1.165) is 0 Å². The predicted molar refractivity (Wildman–Crippen MR) is 72.2 cm³/mol. The van der Waals surface area contributed by atoms with Gasteiger partial charge < -0.3 is 25.0 Å². The van der Waals surface area contributed by atoms with E-state index in [4.69, 9.17) is 14.6 Å². The fourth-order valence-corrected chi connectivity index (χ4v) is 2.02. The minimum absolute atomic E-state index is 0.202. The van der Waals surface area contributed by atoms with Gasteiger partial charge in [-0.15, -0.1) is 0 Å². The fourth-order valence-electron chi connectivity index (χ4n) is 2.02. The van der Waals surface area contributed by atoms with Crippen LogP contribution < -0.4 is 10.1 Å². The van der Waals surface area contributed by atoms with E-state index in [1.54, 1.807) is 12.1 Å². The first-order valence-corrected chi connectivity index (χ1v) is 6.56. The Morgan fingerprint density at radius 1 is 1.50 bits per heavy atom. The summed E-state index contributed by atoms with van der Waals surface area (Å²) in [5, 5.41) is 22.0. The van der Waals surface area contributed by atoms with Crippen molar-refractivity contribution in [2.24, 2.45) is 0 Å². The Hall–Kier alpha value is -1.63. The second-order valence-corrected chi connectivity index (χ2v) is 4.89. The first kappa shape index (κ1) is 14.8. The molecule has 110 valence electrons. The van der Waals surface area contributed by atoms with Gasteiger partial charge in [0.25, 0.3) is 0 Å². The first-order chi connectivity index (χ1) is 9.59. The Morgan fingerprint density at radius 2 is 2.35 bits per heavy atom. The molecule has 0 aromatic heterocycles. The van der Waals surface area contributed by atoms with Crippen molar-refractivity contribution in [3.05, 3.63) is 29.8 Å². The van der Waals surface area contributed by atoms with E-state index in [1.165, 1.54) is 12.1 Å². The highest BCUT2D eigenvalue weighted by atomic mass is 16.5. The van der Waals surface area contributed by atoms with Crippen molar-refractivity contribution in [2.75, 3.05) is 32.9 Å². The van der Waals surface area contributed by atoms with Gasteiger partial charge in [-0.1, -0.05) is 6.07 Å². The zero-order chi connectivity index (χ0) is 14.4. The van der Waals surface area contributed by atoms with Gasteiger partial charge in [0.2, 0.25) is 0 Å². The van der Waals surface area contributed by atoms with Crippen molar-refractivity contribution < 1.29 is 24.5 Å². The van der Waals surface area contributed by atoms with Crippen molar-refractivity contribution in [2.45, 2.75) is 12.0 Å². The average molecular weight is 281 g/mol. The highest BCUT2D eigenvalue weighted by Crippen LogP contribution is 2.17. The first-order valence-electron chi connectivity index (χ1n) is 6.56. The summed E-state index contributed by atoms with van der Waals surface area (Å²) < 4.78 is 10.6. The molecule has 1 aromatic rings. The van der Waals surface area contributed by atoms with Gasteiger partial charge in [0.1, 0.15) is 18.0 Å². The fraction of sp³-hybridized carbons (Fsp3) is 0.500. The second-order valence-electron chi connectivity index (χ2n) is 4.89. The maximum atomic E-state index is 10.8. The van der Waals surface area contributed by atoms with Gasteiger partial charge in [0, 0.05) is 26.1 Å². The number of carbonyl (C=O) groups is 1. The summed E-state index contributed by atoms with van der Waals surface area (Å²) in [5.74, 6) is -0.452. The van der Waals surface area contributed by atoms with Crippen LogP contribution in [0.4, 0.5) is 0 Å². The van der Waals surface area contributed by atoms with Crippen LogP contribution in [0.2, 0.25) is 0 Å². The zero-order valence-electron chi connectivity index (χ0n) is 11.2. The molecule has 1 fully saturated rings. The molecule has 0 bridgehead atoms. The monoisotopic (exact) mass is 281 g/mol. The topological polar surface area (TPSA) is 88.0 Å². The molecule has 6 nitrogen and oxygen atoms in total. The molecule has 0 spiro atoms. The van der Waals surface area contributed by atoms with Crippen LogP contribution in [0.1, 0.15) is 16.8 Å². The number of rotatable bonds is 7. The van der Waals surface area contributed by atoms with E-state index >= 15 is 0 Å². The molecule has 1 aliphatic heterocycles. The van der Waals surface area contributed by atoms with Crippen LogP contribution >= 0.6 is 0 Å². The van der Waals surface area contributed by atoms with Crippen LogP contribution in [0, 0.1) is 0 Å². The minimum atomic E-state index is -0.975. The smallest absolute Gasteiger partial charge is 0.335 e. The SMILES string of the molecule is O=C(O)c1cccc(OCCNCC2(O)CCOC2)c1. The number of carboxylic acids is 1. The molecular formula is C14H19NO5. The summed E-state index contributed by atoms with van der Waals surface area (Å²) in [6.45, 7) is 2.39. The lowest BCUT2D eigenvalue weighted by Crippen LogP contribution is -2.42. The molecule has 1 aromatic carbocycles. The number of hydrogen-bond acceptors (Lipinski definition) is 5. The molecule has 0 amide bonds. The zero-order valence-corrected chi connectivity index (χ0v) is 11.2. The maximum absolute atomic E-state index is 10.8. The average Bonchev–Trinajstić information content (AvgIpc) is 2.86. The van der Waals surface area contributed by atoms with Crippen LogP contribution in [0.15, 0.2) is 24.3 Å². The quantitative estimate of drug-likeness (QED) is 0.631. The van der Waals surface area contributed by atoms with E-state index in [0.29, 0.717) is 45.1 Å². The Bertz CT molecular complexity index is 457. The molecule has 3 N–H and O–H groups in total. The maximum Gasteiger partial charge on any atom is 0.335 e. The van der Waals surface area contributed by atoms with Crippen molar-refractivity contribution in [1.82, 2.24) is 5.32 Å². The number of ether oxygens (including phenoxy) is 2. The molecular weight excluding hydrogens is 262 g/mol. The summed E-state index contributed by atoms with van der Waals surface area (Å²) in [6.07, 6.45) is 0.640. The molecule has 0 radical (unpaired) electrons. The number of hydrogen-bond donors (Lipinski definition) is 3. The predicted octanol–water partition coefficient (Wildman–Crippen LogP) is 0.505. The molecule has 1 atom stereocenters. The van der Waals surface area contributed by atoms with E-state index in [-0.39, 0.29) is 5.56 Å². The van der Waals surface area contributed by atoms with Crippen LogP contribution in [-0.2, 0) is 4.74 Å². The number of carboxylic acid groups (broad SMARTS) is 1. The lowest BCUT2D eigenvalue weighted by molar-refractivity contribution is 0.0266. The minimum Gasteiger partial charge on any atom is -0.492 e. The highest BCUT2D eigenvalue weighted by Gasteiger charge is 2.31. The van der Waals surface area contributed by atoms with Crippen molar-refractivity contribution >= 4 is 5.97 Å². The summed E-state index contributed by atoms with van der Waals surface area (Å²) in [6, 6.07) is 6.36. The Labute approximate surface area is 117 Å². The summed E-state index contributed by atoms with van der Waals surface area (Å²) >= 11 is 0. The van der Waals surface area contributed by atoms with Crippen LogP contribution in [0.3, 0.4) is 0 Å². The van der Waals surface area contributed by atoms with Gasteiger partial charge in [0.15, 0.2) is 0 Å². The molecule has 2 rings (SSSR count). The van der Waals surface area contributed by atoms with Crippen LogP contribution in [0.5, 0.6) is 5.75 Å². The third kappa shape index (κ3) is 4.19. The normalized spacial score (nSPS) is 21.9. The molecule has 1 unspecified atom stereocenters. The summed E-state index contributed by atoms with van der Waals surface area (Å²) in [7, 11) is 0. The van der Waals surface area contributed by atoms with Crippen molar-refractivity contribution in [3.63, 3.8) is 0 Å². The Balaban J connectivity index is 1.68. The van der Waals surface area contributed by atoms with Gasteiger partial charge in [0.05, 0.1) is 12.2 Å². The molecule has 1 aliphatic rings. The molecule has 1 heterocycles. The van der Waals surface area contributed by atoms with E-state index in [1.807, 2.05) is 0 Å². The standard InChI is InChI=1S/C14H19NO5/c16-13(17)11-2-1-3-12(8-11)20-7-5-15-9-14(18)4-6-19-10-14/h1-3,8,15,18H,4-7,9-10H2,(H,16,17). The molecule has 20 heavy (non-hydrogen) atoms. The molecule has 6 heteroatoms. The van der Waals surface area contributed by atoms with E-state index in [9.17, 15) is 9.90 Å². The number of benzene rings is 1. The number of nitrogens with one attached hydrogen (secondary N) is 1. The molecule has 0 aliphatic carbocycles. The molecule has 0 saturated carbocycles. The van der Waals surface area contributed by atoms with Gasteiger partial charge in [-0.2, -0.15) is 0 Å². The third-order valence-corrected chi connectivity index (χ3v) is 3.17. The van der Waals surface area contributed by atoms with Crippen LogP contribution in [-0.4, -0.2) is 54.7 Å². The number of aromatic carboxylic acids is 1. The third-order valence-electron chi connectivity index (χ3n) is 3.17. The van der Waals surface area contributed by atoms with Gasteiger partial charge in [-0.25, -0.2) is 4.79 Å².